The molecule has 94 valence electrons. The number of aryl methyl sites for hydroxylation is 2. The van der Waals surface area contributed by atoms with Gasteiger partial charge in [0.05, 0.1) is 5.69 Å². The van der Waals surface area contributed by atoms with Gasteiger partial charge >= 0.3 is 0 Å². The molecule has 2 rings (SSSR count). The molecule has 1 aromatic rings. The van der Waals surface area contributed by atoms with Crippen LogP contribution in [0.15, 0.2) is 4.52 Å². The summed E-state index contributed by atoms with van der Waals surface area (Å²) in [7, 11) is 0. The Kier molecular flexibility index (Phi) is 3.19. The van der Waals surface area contributed by atoms with Crippen molar-refractivity contribution in [3.63, 3.8) is 0 Å². The normalized spacial score (nSPS) is 25.1. The van der Waals surface area contributed by atoms with Crippen molar-refractivity contribution in [2.75, 3.05) is 13.1 Å². The molecular formula is C12H19N3O2. The third kappa shape index (κ3) is 2.20. The Hall–Kier alpha value is -1.36. The number of rotatable bonds is 1. The second kappa shape index (κ2) is 4.49. The van der Waals surface area contributed by atoms with Crippen LogP contribution in [-0.4, -0.2) is 41.1 Å². The molecule has 0 aliphatic carbocycles. The number of nitrogens with one attached hydrogen (secondary N) is 1. The van der Waals surface area contributed by atoms with Crippen LogP contribution in [0.3, 0.4) is 0 Å². The van der Waals surface area contributed by atoms with Gasteiger partial charge in [0.25, 0.3) is 5.91 Å². The van der Waals surface area contributed by atoms with E-state index in [4.69, 9.17) is 4.52 Å². The van der Waals surface area contributed by atoms with Gasteiger partial charge in [0.15, 0.2) is 0 Å². The highest BCUT2D eigenvalue weighted by atomic mass is 16.5. The fourth-order valence-corrected chi connectivity index (χ4v) is 2.24. The van der Waals surface area contributed by atoms with Crippen molar-refractivity contribution < 1.29 is 9.32 Å². The van der Waals surface area contributed by atoms with Crippen LogP contribution in [0, 0.1) is 13.8 Å². The van der Waals surface area contributed by atoms with Gasteiger partial charge < -0.3 is 14.7 Å². The van der Waals surface area contributed by atoms with E-state index in [9.17, 15) is 4.79 Å². The molecule has 1 saturated heterocycles. The van der Waals surface area contributed by atoms with Crippen molar-refractivity contribution in [3.8, 4) is 0 Å². The molecule has 0 bridgehead atoms. The van der Waals surface area contributed by atoms with E-state index < -0.39 is 0 Å². The van der Waals surface area contributed by atoms with Crippen LogP contribution >= 0.6 is 0 Å². The van der Waals surface area contributed by atoms with Crippen molar-refractivity contribution in [1.82, 2.24) is 15.4 Å². The minimum atomic E-state index is 0.0297. The van der Waals surface area contributed by atoms with E-state index in [2.05, 4.69) is 24.3 Å². The summed E-state index contributed by atoms with van der Waals surface area (Å²) < 4.78 is 5.06. The maximum atomic E-state index is 12.5. The number of piperazine rings is 1. The summed E-state index contributed by atoms with van der Waals surface area (Å²) >= 11 is 0. The van der Waals surface area contributed by atoms with Crippen molar-refractivity contribution >= 4 is 5.91 Å². The predicted octanol–water partition coefficient (Wildman–Crippen LogP) is 1.11. The van der Waals surface area contributed by atoms with Gasteiger partial charge in [-0.25, -0.2) is 0 Å². The molecule has 1 aromatic heterocycles. The fraction of sp³-hybridized carbons (Fsp3) is 0.667. The fourth-order valence-electron chi connectivity index (χ4n) is 2.24. The molecule has 0 saturated carbocycles. The van der Waals surface area contributed by atoms with E-state index >= 15 is 0 Å². The van der Waals surface area contributed by atoms with Crippen LogP contribution in [0.2, 0.25) is 0 Å². The lowest BCUT2D eigenvalue weighted by Crippen LogP contribution is -2.56. The molecule has 5 heteroatoms. The van der Waals surface area contributed by atoms with E-state index in [1.807, 2.05) is 4.90 Å². The van der Waals surface area contributed by atoms with Crippen LogP contribution in [0.1, 0.15) is 35.7 Å². The number of hydrogen-bond donors (Lipinski definition) is 1. The van der Waals surface area contributed by atoms with Crippen LogP contribution < -0.4 is 5.32 Å². The number of carbonyl (C=O) groups is 1. The molecule has 17 heavy (non-hydrogen) atoms. The summed E-state index contributed by atoms with van der Waals surface area (Å²) in [6, 6.07) is 0.531. The van der Waals surface area contributed by atoms with Crippen molar-refractivity contribution in [2.45, 2.75) is 39.8 Å². The molecule has 1 N–H and O–H groups in total. The molecule has 0 spiro atoms. The first-order valence-electron chi connectivity index (χ1n) is 5.98. The summed E-state index contributed by atoms with van der Waals surface area (Å²) in [6.45, 7) is 9.28. The third-order valence-corrected chi connectivity index (χ3v) is 3.27. The second-order valence-electron chi connectivity index (χ2n) is 4.82. The largest absolute Gasteiger partial charge is 0.361 e. The van der Waals surface area contributed by atoms with Gasteiger partial charge in [-0.2, -0.15) is 0 Å². The molecule has 1 aliphatic rings. The van der Waals surface area contributed by atoms with Crippen LogP contribution in [0.5, 0.6) is 0 Å². The molecule has 2 heterocycles. The monoisotopic (exact) mass is 237 g/mol. The number of carbonyl (C=O) groups excluding carboxylic acids is 1. The zero-order chi connectivity index (χ0) is 12.6. The Morgan fingerprint density at radius 2 is 2.18 bits per heavy atom. The topological polar surface area (TPSA) is 58.4 Å². The van der Waals surface area contributed by atoms with Crippen LogP contribution in [0.4, 0.5) is 0 Å². The lowest BCUT2D eigenvalue weighted by Gasteiger charge is -2.37. The first-order chi connectivity index (χ1) is 8.00. The smallest absolute Gasteiger partial charge is 0.259 e. The Morgan fingerprint density at radius 1 is 1.47 bits per heavy atom. The summed E-state index contributed by atoms with van der Waals surface area (Å²) in [5.74, 6) is 0.632. The van der Waals surface area contributed by atoms with Gasteiger partial charge in [0.1, 0.15) is 11.3 Å². The van der Waals surface area contributed by atoms with Crippen molar-refractivity contribution in [3.05, 3.63) is 17.0 Å². The average Bonchev–Trinajstić information content (AvgIpc) is 2.61. The average molecular weight is 237 g/mol. The van der Waals surface area contributed by atoms with Crippen LogP contribution in [-0.2, 0) is 0 Å². The Bertz CT molecular complexity index is 408. The molecular weight excluding hydrogens is 218 g/mol. The van der Waals surface area contributed by atoms with E-state index in [-0.39, 0.29) is 11.9 Å². The van der Waals surface area contributed by atoms with E-state index in [0.717, 1.165) is 13.1 Å². The highest BCUT2D eigenvalue weighted by Crippen LogP contribution is 2.18. The zero-order valence-corrected chi connectivity index (χ0v) is 10.8. The standard InChI is InChI=1S/C12H19N3O2/c1-7-6-15(8(2)5-13-7)12(16)11-9(3)14-17-10(11)4/h7-8,13H,5-6H2,1-4H3. The zero-order valence-electron chi connectivity index (χ0n) is 10.8. The summed E-state index contributed by atoms with van der Waals surface area (Å²) in [6.07, 6.45) is 0. The van der Waals surface area contributed by atoms with Gasteiger partial charge in [-0.05, 0) is 27.7 Å². The van der Waals surface area contributed by atoms with Gasteiger partial charge in [0.2, 0.25) is 0 Å². The molecule has 0 aromatic carbocycles. The number of aromatic nitrogens is 1. The molecule has 0 radical (unpaired) electrons. The molecule has 2 atom stereocenters. The lowest BCUT2D eigenvalue weighted by atomic mass is 10.1. The van der Waals surface area contributed by atoms with Gasteiger partial charge in [-0.1, -0.05) is 5.16 Å². The second-order valence-corrected chi connectivity index (χ2v) is 4.82. The molecule has 1 aliphatic heterocycles. The van der Waals surface area contributed by atoms with E-state index in [1.54, 1.807) is 13.8 Å². The molecule has 5 nitrogen and oxygen atoms in total. The van der Waals surface area contributed by atoms with Crippen molar-refractivity contribution in [1.29, 1.82) is 0 Å². The highest BCUT2D eigenvalue weighted by Gasteiger charge is 2.30. The summed E-state index contributed by atoms with van der Waals surface area (Å²) in [5.41, 5.74) is 1.29. The maximum Gasteiger partial charge on any atom is 0.259 e. The van der Waals surface area contributed by atoms with E-state index in [1.165, 1.54) is 0 Å². The quantitative estimate of drug-likeness (QED) is 0.795. The number of hydrogen-bond acceptors (Lipinski definition) is 4. The predicted molar refractivity (Wildman–Crippen MR) is 63.9 cm³/mol. The van der Waals surface area contributed by atoms with E-state index in [0.29, 0.717) is 23.1 Å². The maximum absolute atomic E-state index is 12.5. The Morgan fingerprint density at radius 3 is 2.76 bits per heavy atom. The number of amides is 1. The highest BCUT2D eigenvalue weighted by molar-refractivity contribution is 5.96. The molecule has 1 fully saturated rings. The Labute approximate surface area is 101 Å². The van der Waals surface area contributed by atoms with Crippen LogP contribution in [0.25, 0.3) is 0 Å². The Balaban J connectivity index is 2.25. The minimum absolute atomic E-state index is 0.0297. The van der Waals surface area contributed by atoms with Gasteiger partial charge in [-0.15, -0.1) is 0 Å². The first-order valence-corrected chi connectivity index (χ1v) is 5.98. The number of nitrogens with zero attached hydrogens (tertiary/aromatic N) is 2. The molecule has 1 amide bonds. The summed E-state index contributed by atoms with van der Waals surface area (Å²) in [4.78, 5) is 14.4. The third-order valence-electron chi connectivity index (χ3n) is 3.27. The van der Waals surface area contributed by atoms with Gasteiger partial charge in [-0.3, -0.25) is 4.79 Å². The SMILES string of the molecule is Cc1noc(C)c1C(=O)N1CC(C)NCC1C. The van der Waals surface area contributed by atoms with Gasteiger partial charge in [0, 0.05) is 25.2 Å². The summed E-state index contributed by atoms with van der Waals surface area (Å²) in [5, 5.41) is 7.20. The first kappa shape index (κ1) is 12.1. The lowest BCUT2D eigenvalue weighted by molar-refractivity contribution is 0.0614. The minimum Gasteiger partial charge on any atom is -0.361 e. The van der Waals surface area contributed by atoms with Crippen molar-refractivity contribution in [2.24, 2.45) is 0 Å². The molecule has 2 unspecified atom stereocenters.